The standard InChI is InChI=1S/C22H23F3N6/c23-22(24,25)18-4-3-5-19(15-18)30-12-10-29(11-13-30)8-1-2-9-31-21-14-17(16-26)6-7-20(21)27-28-31/h3-7,14-15H,1-2,8-13H2. The SMILES string of the molecule is N#Cc1ccc2nnn(CCCCN3CCN(c4cccc(C(F)(F)F)c4)CC3)c2c1. The zero-order valence-electron chi connectivity index (χ0n) is 17.0. The van der Waals surface area contributed by atoms with Crippen LogP contribution >= 0.6 is 0 Å². The van der Waals surface area contributed by atoms with Crippen LogP contribution in [0.1, 0.15) is 24.0 Å². The molecule has 1 aromatic heterocycles. The second-order valence-electron chi connectivity index (χ2n) is 7.71. The third-order valence-corrected chi connectivity index (χ3v) is 5.65. The Hall–Kier alpha value is -3.12. The zero-order valence-corrected chi connectivity index (χ0v) is 17.0. The summed E-state index contributed by atoms with van der Waals surface area (Å²) in [6, 6.07) is 13.0. The summed E-state index contributed by atoms with van der Waals surface area (Å²) in [7, 11) is 0. The Morgan fingerprint density at radius 1 is 0.968 bits per heavy atom. The van der Waals surface area contributed by atoms with Gasteiger partial charge in [-0.3, -0.25) is 4.90 Å². The van der Waals surface area contributed by atoms with Gasteiger partial charge in [0.1, 0.15) is 5.52 Å². The molecule has 4 rings (SSSR count). The Morgan fingerprint density at radius 2 is 1.74 bits per heavy atom. The fraction of sp³-hybridized carbons (Fsp3) is 0.409. The number of anilines is 1. The summed E-state index contributed by atoms with van der Waals surface area (Å²) in [5.74, 6) is 0. The van der Waals surface area contributed by atoms with Crippen LogP contribution in [0.25, 0.3) is 11.0 Å². The molecule has 162 valence electrons. The van der Waals surface area contributed by atoms with E-state index in [1.54, 1.807) is 18.2 Å². The molecule has 1 aliphatic heterocycles. The maximum absolute atomic E-state index is 12.9. The highest BCUT2D eigenvalue weighted by Gasteiger charge is 2.31. The van der Waals surface area contributed by atoms with E-state index in [0.29, 0.717) is 24.3 Å². The molecule has 2 aromatic carbocycles. The van der Waals surface area contributed by atoms with Crippen LogP contribution in [0.2, 0.25) is 0 Å². The first-order valence-corrected chi connectivity index (χ1v) is 10.3. The molecule has 0 amide bonds. The van der Waals surface area contributed by atoms with Gasteiger partial charge in [0.15, 0.2) is 0 Å². The molecule has 9 heteroatoms. The molecule has 0 saturated carbocycles. The lowest BCUT2D eigenvalue weighted by atomic mass is 10.1. The van der Waals surface area contributed by atoms with Gasteiger partial charge in [-0.05, 0) is 55.8 Å². The molecular formula is C22H23F3N6. The van der Waals surface area contributed by atoms with Gasteiger partial charge in [-0.15, -0.1) is 5.10 Å². The molecule has 1 fully saturated rings. The lowest BCUT2D eigenvalue weighted by molar-refractivity contribution is -0.137. The molecule has 0 atom stereocenters. The van der Waals surface area contributed by atoms with E-state index in [4.69, 9.17) is 5.26 Å². The number of halogens is 3. The smallest absolute Gasteiger partial charge is 0.369 e. The fourth-order valence-corrected chi connectivity index (χ4v) is 3.91. The molecule has 3 aromatic rings. The molecule has 6 nitrogen and oxygen atoms in total. The van der Waals surface area contributed by atoms with Crippen LogP contribution in [0.3, 0.4) is 0 Å². The molecule has 0 spiro atoms. The zero-order chi connectivity index (χ0) is 21.8. The van der Waals surface area contributed by atoms with Crippen molar-refractivity contribution in [3.8, 4) is 6.07 Å². The van der Waals surface area contributed by atoms with Crippen molar-refractivity contribution >= 4 is 16.7 Å². The van der Waals surface area contributed by atoms with E-state index in [1.165, 1.54) is 12.1 Å². The maximum Gasteiger partial charge on any atom is 0.416 e. The van der Waals surface area contributed by atoms with Crippen molar-refractivity contribution in [3.63, 3.8) is 0 Å². The number of nitriles is 1. The summed E-state index contributed by atoms with van der Waals surface area (Å²) in [4.78, 5) is 4.36. The van der Waals surface area contributed by atoms with Crippen molar-refractivity contribution in [2.75, 3.05) is 37.6 Å². The van der Waals surface area contributed by atoms with Crippen molar-refractivity contribution in [2.45, 2.75) is 25.6 Å². The summed E-state index contributed by atoms with van der Waals surface area (Å²) in [5.41, 5.74) is 2.27. The van der Waals surface area contributed by atoms with Crippen molar-refractivity contribution in [1.29, 1.82) is 5.26 Å². The molecule has 1 saturated heterocycles. The molecular weight excluding hydrogens is 405 g/mol. The minimum Gasteiger partial charge on any atom is -0.369 e. The summed E-state index contributed by atoms with van der Waals surface area (Å²) in [6.45, 7) is 4.75. The average Bonchev–Trinajstić information content (AvgIpc) is 3.19. The highest BCUT2D eigenvalue weighted by atomic mass is 19.4. The normalized spacial score (nSPS) is 15.4. The second kappa shape index (κ2) is 8.94. The van der Waals surface area contributed by atoms with E-state index in [2.05, 4.69) is 21.3 Å². The number of aryl methyl sites for hydroxylation is 1. The van der Waals surface area contributed by atoms with Crippen LogP contribution in [0, 0.1) is 11.3 Å². The quantitative estimate of drug-likeness (QED) is 0.557. The van der Waals surface area contributed by atoms with Crippen molar-refractivity contribution < 1.29 is 13.2 Å². The fourth-order valence-electron chi connectivity index (χ4n) is 3.91. The maximum atomic E-state index is 12.9. The minimum absolute atomic E-state index is 0.592. The topological polar surface area (TPSA) is 61.0 Å². The second-order valence-corrected chi connectivity index (χ2v) is 7.71. The lowest BCUT2D eigenvalue weighted by Crippen LogP contribution is -2.46. The van der Waals surface area contributed by atoms with Gasteiger partial charge in [0.2, 0.25) is 0 Å². The highest BCUT2D eigenvalue weighted by Crippen LogP contribution is 2.31. The van der Waals surface area contributed by atoms with E-state index in [-0.39, 0.29) is 0 Å². The summed E-state index contributed by atoms with van der Waals surface area (Å²) < 4.78 is 40.7. The monoisotopic (exact) mass is 428 g/mol. The minimum atomic E-state index is -4.32. The third-order valence-electron chi connectivity index (χ3n) is 5.65. The number of benzene rings is 2. The van der Waals surface area contributed by atoms with Gasteiger partial charge in [-0.1, -0.05) is 11.3 Å². The number of rotatable bonds is 6. The van der Waals surface area contributed by atoms with Gasteiger partial charge in [0.25, 0.3) is 0 Å². The Bertz CT molecular complexity index is 1080. The number of unbranched alkanes of at least 4 members (excludes halogenated alkanes) is 1. The van der Waals surface area contributed by atoms with Crippen molar-refractivity contribution in [1.82, 2.24) is 19.9 Å². The molecule has 0 unspecified atom stereocenters. The Morgan fingerprint density at radius 3 is 2.48 bits per heavy atom. The van der Waals surface area contributed by atoms with E-state index in [1.807, 2.05) is 15.6 Å². The third kappa shape index (κ3) is 4.97. The van der Waals surface area contributed by atoms with Gasteiger partial charge in [-0.25, -0.2) is 4.68 Å². The van der Waals surface area contributed by atoms with E-state index < -0.39 is 11.7 Å². The van der Waals surface area contributed by atoms with Crippen LogP contribution in [0.15, 0.2) is 42.5 Å². The van der Waals surface area contributed by atoms with Crippen LogP contribution in [-0.4, -0.2) is 52.6 Å². The van der Waals surface area contributed by atoms with Crippen LogP contribution in [-0.2, 0) is 12.7 Å². The molecule has 0 radical (unpaired) electrons. The van der Waals surface area contributed by atoms with Crippen LogP contribution in [0.5, 0.6) is 0 Å². The largest absolute Gasteiger partial charge is 0.416 e. The van der Waals surface area contributed by atoms with E-state index >= 15 is 0 Å². The molecule has 0 aliphatic carbocycles. The molecule has 0 bridgehead atoms. The first kappa shape index (κ1) is 21.1. The Kier molecular flexibility index (Phi) is 6.09. The first-order chi connectivity index (χ1) is 14.9. The van der Waals surface area contributed by atoms with Crippen LogP contribution < -0.4 is 4.90 Å². The Balaban J connectivity index is 1.24. The molecule has 2 heterocycles. The lowest BCUT2D eigenvalue weighted by Gasteiger charge is -2.36. The van der Waals surface area contributed by atoms with E-state index in [9.17, 15) is 13.2 Å². The number of fused-ring (bicyclic) bond motifs is 1. The molecule has 31 heavy (non-hydrogen) atoms. The van der Waals surface area contributed by atoms with Gasteiger partial charge < -0.3 is 4.90 Å². The number of piperazine rings is 1. The van der Waals surface area contributed by atoms with Gasteiger partial charge >= 0.3 is 6.18 Å². The Labute approximate surface area is 178 Å². The van der Waals surface area contributed by atoms with E-state index in [0.717, 1.165) is 56.1 Å². The number of hydrogen-bond acceptors (Lipinski definition) is 5. The van der Waals surface area contributed by atoms with Crippen LogP contribution in [0.4, 0.5) is 18.9 Å². The predicted octanol–water partition coefficient (Wildman–Crippen LogP) is 3.92. The van der Waals surface area contributed by atoms with Crippen molar-refractivity contribution in [3.05, 3.63) is 53.6 Å². The molecule has 1 aliphatic rings. The first-order valence-electron chi connectivity index (χ1n) is 10.3. The number of aromatic nitrogens is 3. The molecule has 0 N–H and O–H groups in total. The van der Waals surface area contributed by atoms with Gasteiger partial charge in [-0.2, -0.15) is 18.4 Å². The highest BCUT2D eigenvalue weighted by molar-refractivity contribution is 5.75. The predicted molar refractivity (Wildman–Crippen MR) is 112 cm³/mol. The summed E-state index contributed by atoms with van der Waals surface area (Å²) >= 11 is 0. The summed E-state index contributed by atoms with van der Waals surface area (Å²) in [6.07, 6.45) is -2.39. The van der Waals surface area contributed by atoms with Gasteiger partial charge in [0.05, 0.1) is 22.7 Å². The average molecular weight is 428 g/mol. The summed E-state index contributed by atoms with van der Waals surface area (Å²) in [5, 5.41) is 17.4. The number of nitrogens with zero attached hydrogens (tertiary/aromatic N) is 6. The number of hydrogen-bond donors (Lipinski definition) is 0. The number of alkyl halides is 3. The van der Waals surface area contributed by atoms with Crippen molar-refractivity contribution in [2.24, 2.45) is 0 Å². The van der Waals surface area contributed by atoms with Gasteiger partial charge in [0, 0.05) is 38.4 Å².